The van der Waals surface area contributed by atoms with Crippen LogP contribution in [0.2, 0.25) is 5.02 Å². The lowest BCUT2D eigenvalue weighted by Crippen LogP contribution is -2.31. The minimum absolute atomic E-state index is 0.0905. The van der Waals surface area contributed by atoms with Crippen LogP contribution in [-0.4, -0.2) is 32.9 Å². The van der Waals surface area contributed by atoms with Crippen LogP contribution in [0.25, 0.3) is 0 Å². The Labute approximate surface area is 162 Å². The van der Waals surface area contributed by atoms with Gasteiger partial charge >= 0.3 is 0 Å². The third kappa shape index (κ3) is 4.02. The number of tetrazole rings is 1. The van der Waals surface area contributed by atoms with Crippen LogP contribution in [0.4, 0.5) is 0 Å². The third-order valence-electron chi connectivity index (χ3n) is 4.41. The molecule has 1 aliphatic carbocycles. The van der Waals surface area contributed by atoms with Crippen molar-refractivity contribution in [2.75, 3.05) is 0 Å². The van der Waals surface area contributed by atoms with Gasteiger partial charge in [-0.3, -0.25) is 0 Å². The van der Waals surface area contributed by atoms with E-state index in [-0.39, 0.29) is 24.0 Å². The molecule has 0 radical (unpaired) electrons. The van der Waals surface area contributed by atoms with Gasteiger partial charge in [0.2, 0.25) is 10.0 Å². The summed E-state index contributed by atoms with van der Waals surface area (Å²) in [4.78, 5) is 0.149. The van der Waals surface area contributed by atoms with E-state index >= 15 is 0 Å². The summed E-state index contributed by atoms with van der Waals surface area (Å²) < 4.78 is 29.7. The van der Waals surface area contributed by atoms with Crippen molar-refractivity contribution in [3.8, 4) is 0 Å². The van der Waals surface area contributed by atoms with Crippen molar-refractivity contribution in [3.63, 3.8) is 0 Å². The minimum atomic E-state index is -3.78. The lowest BCUT2D eigenvalue weighted by Gasteiger charge is -2.22. The molecule has 1 heterocycles. The molecule has 1 saturated carbocycles. The van der Waals surface area contributed by atoms with Gasteiger partial charge < -0.3 is 0 Å². The number of hydrogen-bond acceptors (Lipinski definition) is 5. The molecular formula is C18H18ClN5O2S. The quantitative estimate of drug-likeness (QED) is 0.605. The van der Waals surface area contributed by atoms with Crippen molar-refractivity contribution in [2.45, 2.75) is 36.9 Å². The van der Waals surface area contributed by atoms with E-state index in [0.717, 1.165) is 18.4 Å². The van der Waals surface area contributed by atoms with Gasteiger partial charge in [-0.25, -0.2) is 13.1 Å². The predicted molar refractivity (Wildman–Crippen MR) is 100 cm³/mol. The summed E-state index contributed by atoms with van der Waals surface area (Å²) in [5, 5.41) is 12.2. The second-order valence-corrected chi connectivity index (χ2v) is 8.86. The van der Waals surface area contributed by atoms with Gasteiger partial charge in [0.15, 0.2) is 5.82 Å². The first kappa shape index (κ1) is 18.1. The van der Waals surface area contributed by atoms with E-state index in [1.807, 2.05) is 30.3 Å². The highest BCUT2D eigenvalue weighted by atomic mass is 35.5. The van der Waals surface area contributed by atoms with E-state index in [2.05, 4.69) is 15.5 Å². The summed E-state index contributed by atoms with van der Waals surface area (Å²) in [5.74, 6) is 0.541. The summed E-state index contributed by atoms with van der Waals surface area (Å²) in [5.41, 5.74) is 0.883. The molecule has 0 bridgehead atoms. The lowest BCUT2D eigenvalue weighted by molar-refractivity contribution is 0.380. The molecule has 0 aliphatic heterocycles. The fourth-order valence-electron chi connectivity index (χ4n) is 2.87. The van der Waals surface area contributed by atoms with Gasteiger partial charge in [0.1, 0.15) is 0 Å². The SMILES string of the molecule is O=S(=O)(c1cccc(Cl)c1)N(Cc1ccccc1)Cc1nnnn1C1CC1. The van der Waals surface area contributed by atoms with Gasteiger partial charge in [-0.15, -0.1) is 5.10 Å². The molecule has 7 nitrogen and oxygen atoms in total. The van der Waals surface area contributed by atoms with Gasteiger partial charge in [0.25, 0.3) is 0 Å². The van der Waals surface area contributed by atoms with Crippen LogP contribution < -0.4 is 0 Å². The second-order valence-electron chi connectivity index (χ2n) is 6.49. The van der Waals surface area contributed by atoms with Crippen molar-refractivity contribution >= 4 is 21.6 Å². The fraction of sp³-hybridized carbons (Fsp3) is 0.278. The molecule has 0 N–H and O–H groups in total. The number of sulfonamides is 1. The molecule has 140 valence electrons. The van der Waals surface area contributed by atoms with Crippen molar-refractivity contribution in [1.82, 2.24) is 24.5 Å². The van der Waals surface area contributed by atoms with Crippen LogP contribution in [0.1, 0.15) is 30.3 Å². The molecule has 3 aromatic rings. The Hall–Kier alpha value is -2.29. The molecule has 9 heteroatoms. The number of aromatic nitrogens is 4. The number of benzene rings is 2. The standard InChI is InChI=1S/C18H18ClN5O2S/c19-15-7-4-8-17(11-15)27(25,26)23(12-14-5-2-1-3-6-14)13-18-20-21-22-24(18)16-9-10-16/h1-8,11,16H,9-10,12-13H2. The average molecular weight is 404 g/mol. The Morgan fingerprint density at radius 3 is 2.56 bits per heavy atom. The number of rotatable bonds is 7. The highest BCUT2D eigenvalue weighted by molar-refractivity contribution is 7.89. The molecular weight excluding hydrogens is 386 g/mol. The Balaban J connectivity index is 1.70. The van der Waals surface area contributed by atoms with Crippen molar-refractivity contribution in [3.05, 3.63) is 71.0 Å². The monoisotopic (exact) mass is 403 g/mol. The Kier molecular flexibility index (Phi) is 4.94. The Bertz CT molecular complexity index is 1030. The van der Waals surface area contributed by atoms with Gasteiger partial charge in [0, 0.05) is 11.6 Å². The van der Waals surface area contributed by atoms with Crippen molar-refractivity contribution in [1.29, 1.82) is 0 Å². The minimum Gasteiger partial charge on any atom is -0.225 e. The zero-order valence-corrected chi connectivity index (χ0v) is 16.0. The normalized spacial score (nSPS) is 14.6. The fourth-order valence-corrected chi connectivity index (χ4v) is 4.55. The van der Waals surface area contributed by atoms with Gasteiger partial charge in [-0.1, -0.05) is 48.0 Å². The highest BCUT2D eigenvalue weighted by Crippen LogP contribution is 2.35. The lowest BCUT2D eigenvalue weighted by atomic mass is 10.2. The second kappa shape index (κ2) is 7.38. The zero-order valence-electron chi connectivity index (χ0n) is 14.4. The summed E-state index contributed by atoms with van der Waals surface area (Å²) in [6, 6.07) is 16.0. The first-order chi connectivity index (χ1) is 13.0. The topological polar surface area (TPSA) is 81.0 Å². The zero-order chi connectivity index (χ0) is 18.9. The van der Waals surface area contributed by atoms with Gasteiger partial charge in [-0.05, 0) is 47.0 Å². The summed E-state index contributed by atoms with van der Waals surface area (Å²) in [7, 11) is -3.78. The average Bonchev–Trinajstić information content (AvgIpc) is 3.41. The van der Waals surface area contributed by atoms with E-state index in [4.69, 9.17) is 11.6 Å². The molecule has 0 amide bonds. The molecule has 0 spiro atoms. The number of hydrogen-bond donors (Lipinski definition) is 0. The molecule has 4 rings (SSSR count). The maximum absolute atomic E-state index is 13.3. The first-order valence-corrected chi connectivity index (χ1v) is 10.4. The van der Waals surface area contributed by atoms with Crippen LogP contribution in [0.15, 0.2) is 59.5 Å². The largest absolute Gasteiger partial charge is 0.243 e. The first-order valence-electron chi connectivity index (χ1n) is 8.60. The van der Waals surface area contributed by atoms with E-state index in [1.165, 1.54) is 10.4 Å². The highest BCUT2D eigenvalue weighted by Gasteiger charge is 2.31. The molecule has 0 saturated heterocycles. The maximum Gasteiger partial charge on any atom is 0.243 e. The van der Waals surface area contributed by atoms with E-state index in [9.17, 15) is 8.42 Å². The van der Waals surface area contributed by atoms with E-state index in [0.29, 0.717) is 10.8 Å². The molecule has 1 aliphatic rings. The summed E-state index contributed by atoms with van der Waals surface area (Å²) >= 11 is 6.01. The smallest absolute Gasteiger partial charge is 0.225 e. The molecule has 2 aromatic carbocycles. The van der Waals surface area contributed by atoms with Crippen LogP contribution >= 0.6 is 11.6 Å². The number of halogens is 1. The van der Waals surface area contributed by atoms with E-state index < -0.39 is 10.0 Å². The molecule has 27 heavy (non-hydrogen) atoms. The molecule has 0 unspecified atom stereocenters. The van der Waals surface area contributed by atoms with Crippen LogP contribution in [-0.2, 0) is 23.1 Å². The van der Waals surface area contributed by atoms with Crippen LogP contribution in [0.5, 0.6) is 0 Å². The van der Waals surface area contributed by atoms with Crippen molar-refractivity contribution < 1.29 is 8.42 Å². The van der Waals surface area contributed by atoms with Gasteiger partial charge in [0.05, 0.1) is 17.5 Å². The van der Waals surface area contributed by atoms with Crippen LogP contribution in [0, 0.1) is 0 Å². The Morgan fingerprint density at radius 2 is 1.85 bits per heavy atom. The third-order valence-corrected chi connectivity index (χ3v) is 6.43. The van der Waals surface area contributed by atoms with Gasteiger partial charge in [-0.2, -0.15) is 4.31 Å². The molecule has 1 fully saturated rings. The molecule has 0 atom stereocenters. The van der Waals surface area contributed by atoms with E-state index in [1.54, 1.807) is 22.9 Å². The maximum atomic E-state index is 13.3. The summed E-state index contributed by atoms with van der Waals surface area (Å²) in [6.07, 6.45) is 2.02. The predicted octanol–water partition coefficient (Wildman–Crippen LogP) is 3.05. The number of nitrogens with zero attached hydrogens (tertiary/aromatic N) is 5. The summed E-state index contributed by atoms with van der Waals surface area (Å²) in [6.45, 7) is 0.306. The Morgan fingerprint density at radius 1 is 1.07 bits per heavy atom. The van der Waals surface area contributed by atoms with Crippen molar-refractivity contribution in [2.24, 2.45) is 0 Å². The molecule has 1 aromatic heterocycles. The van der Waals surface area contributed by atoms with Crippen LogP contribution in [0.3, 0.4) is 0 Å².